The first-order valence-corrected chi connectivity index (χ1v) is 5.15. The Labute approximate surface area is 89.4 Å². The van der Waals surface area contributed by atoms with Gasteiger partial charge in [0, 0.05) is 18.1 Å². The molecule has 3 N–H and O–H groups in total. The Morgan fingerprint density at radius 2 is 1.87 bits per heavy atom. The van der Waals surface area contributed by atoms with Crippen molar-refractivity contribution >= 4 is 5.82 Å². The molecule has 0 amide bonds. The predicted octanol–water partition coefficient (Wildman–Crippen LogP) is 2.56. The van der Waals surface area contributed by atoms with Gasteiger partial charge in [-0.05, 0) is 43.0 Å². The minimum Gasteiger partial charge on any atom is -0.385 e. The third-order valence-corrected chi connectivity index (χ3v) is 2.31. The molecule has 0 aromatic carbocycles. The van der Waals surface area contributed by atoms with E-state index in [4.69, 9.17) is 5.73 Å². The number of pyridine rings is 1. The van der Waals surface area contributed by atoms with E-state index in [9.17, 15) is 0 Å². The number of nitrogens with two attached hydrogens (primary N) is 1. The average molecular weight is 201 g/mol. The number of H-pyrrole nitrogens is 1. The predicted molar refractivity (Wildman–Crippen MR) is 61.4 cm³/mol. The summed E-state index contributed by atoms with van der Waals surface area (Å²) in [6.45, 7) is 0. The summed E-state index contributed by atoms with van der Waals surface area (Å²) in [6, 6.07) is 9.72. The number of nitrogens with one attached hydrogen (secondary N) is 1. The molecule has 15 heavy (non-hydrogen) atoms. The minimum atomic E-state index is 0.789. The quantitative estimate of drug-likeness (QED) is 0.745. The van der Waals surface area contributed by atoms with Gasteiger partial charge in [-0.1, -0.05) is 6.07 Å². The van der Waals surface area contributed by atoms with Gasteiger partial charge in [-0.25, -0.2) is 0 Å². The molecule has 0 spiro atoms. The van der Waals surface area contributed by atoms with Crippen LogP contribution in [-0.4, -0.2) is 9.97 Å². The molecule has 1 aliphatic rings. The Morgan fingerprint density at radius 1 is 1.13 bits per heavy atom. The van der Waals surface area contributed by atoms with E-state index in [1.54, 1.807) is 12.4 Å². The lowest BCUT2D eigenvalue weighted by atomic mass is 10.3. The number of aromatic nitrogens is 2. The molecular formula is C12H15N3. The fraction of sp³-hybridized carbons (Fsp3) is 0.250. The van der Waals surface area contributed by atoms with Crippen molar-refractivity contribution in [2.24, 2.45) is 0 Å². The fourth-order valence-corrected chi connectivity index (χ4v) is 1.37. The Kier molecular flexibility index (Phi) is 3.02. The van der Waals surface area contributed by atoms with Crippen LogP contribution in [0, 0.1) is 0 Å². The average Bonchev–Trinajstić information content (AvgIpc) is 3.05. The van der Waals surface area contributed by atoms with E-state index in [1.807, 2.05) is 24.3 Å². The maximum atomic E-state index is 5.49. The number of nitrogens with zero attached hydrogens (tertiary/aromatic N) is 1. The molecule has 1 saturated carbocycles. The van der Waals surface area contributed by atoms with Crippen LogP contribution in [0.25, 0.3) is 0 Å². The third kappa shape index (κ3) is 3.13. The number of rotatable bonds is 1. The molecule has 0 aliphatic heterocycles. The standard InChI is InChI=1S/C7H10N2.C5H5N/c8-7-4-3-6(9-7)5-1-2-5;1-2-4-6-5-3-1/h3-5,9H,1-2,8H2;1-5H. The first kappa shape index (κ1) is 9.77. The number of hydrogen-bond donors (Lipinski definition) is 2. The monoisotopic (exact) mass is 201 g/mol. The van der Waals surface area contributed by atoms with Crippen molar-refractivity contribution in [1.82, 2.24) is 9.97 Å². The van der Waals surface area contributed by atoms with Gasteiger partial charge in [0.25, 0.3) is 0 Å². The van der Waals surface area contributed by atoms with Crippen molar-refractivity contribution in [2.45, 2.75) is 18.8 Å². The highest BCUT2D eigenvalue weighted by Gasteiger charge is 2.24. The van der Waals surface area contributed by atoms with Crippen molar-refractivity contribution in [2.75, 3.05) is 5.73 Å². The van der Waals surface area contributed by atoms with Crippen molar-refractivity contribution in [1.29, 1.82) is 0 Å². The minimum absolute atomic E-state index is 0.789. The Morgan fingerprint density at radius 3 is 2.20 bits per heavy atom. The normalized spacial score (nSPS) is 14.1. The van der Waals surface area contributed by atoms with Gasteiger partial charge in [-0.15, -0.1) is 0 Å². The van der Waals surface area contributed by atoms with Crippen LogP contribution in [0.4, 0.5) is 5.82 Å². The number of hydrogen-bond acceptors (Lipinski definition) is 2. The maximum Gasteiger partial charge on any atom is 0.100 e. The Hall–Kier alpha value is -1.77. The van der Waals surface area contributed by atoms with Crippen LogP contribution in [0.5, 0.6) is 0 Å². The van der Waals surface area contributed by atoms with Gasteiger partial charge in [-0.2, -0.15) is 0 Å². The van der Waals surface area contributed by atoms with Crippen molar-refractivity contribution in [3.63, 3.8) is 0 Å². The van der Waals surface area contributed by atoms with E-state index in [-0.39, 0.29) is 0 Å². The third-order valence-electron chi connectivity index (χ3n) is 2.31. The van der Waals surface area contributed by atoms with Gasteiger partial charge in [0.2, 0.25) is 0 Å². The maximum absolute atomic E-state index is 5.49. The van der Waals surface area contributed by atoms with E-state index < -0.39 is 0 Å². The second-order valence-electron chi connectivity index (χ2n) is 3.67. The van der Waals surface area contributed by atoms with Gasteiger partial charge in [0.15, 0.2) is 0 Å². The molecule has 0 saturated heterocycles. The summed E-state index contributed by atoms with van der Waals surface area (Å²) in [5.41, 5.74) is 6.80. The molecule has 3 nitrogen and oxygen atoms in total. The molecule has 0 radical (unpaired) electrons. The molecule has 3 rings (SSSR count). The number of aromatic amines is 1. The first-order valence-electron chi connectivity index (χ1n) is 5.15. The molecule has 0 unspecified atom stereocenters. The lowest BCUT2D eigenvalue weighted by Gasteiger charge is -1.87. The van der Waals surface area contributed by atoms with E-state index in [2.05, 4.69) is 16.0 Å². The first-order chi connectivity index (χ1) is 7.36. The largest absolute Gasteiger partial charge is 0.385 e. The summed E-state index contributed by atoms with van der Waals surface area (Å²) in [5, 5.41) is 0. The zero-order valence-corrected chi connectivity index (χ0v) is 8.56. The van der Waals surface area contributed by atoms with E-state index >= 15 is 0 Å². The van der Waals surface area contributed by atoms with Crippen molar-refractivity contribution < 1.29 is 0 Å². The highest BCUT2D eigenvalue weighted by molar-refractivity contribution is 5.33. The molecule has 1 aliphatic carbocycles. The van der Waals surface area contributed by atoms with Crippen LogP contribution in [-0.2, 0) is 0 Å². The second kappa shape index (κ2) is 4.64. The van der Waals surface area contributed by atoms with E-state index in [1.165, 1.54) is 18.5 Å². The van der Waals surface area contributed by atoms with Crippen LogP contribution in [0.2, 0.25) is 0 Å². The van der Waals surface area contributed by atoms with Crippen LogP contribution in [0.3, 0.4) is 0 Å². The van der Waals surface area contributed by atoms with Crippen molar-refractivity contribution in [3.05, 3.63) is 48.4 Å². The molecule has 2 aromatic heterocycles. The van der Waals surface area contributed by atoms with Crippen LogP contribution in [0.15, 0.2) is 42.7 Å². The molecule has 3 heteroatoms. The van der Waals surface area contributed by atoms with Gasteiger partial charge in [0.05, 0.1) is 0 Å². The zero-order valence-electron chi connectivity index (χ0n) is 8.56. The summed E-state index contributed by atoms with van der Waals surface area (Å²) in [4.78, 5) is 6.90. The molecule has 2 aromatic rings. The summed E-state index contributed by atoms with van der Waals surface area (Å²) >= 11 is 0. The summed E-state index contributed by atoms with van der Waals surface area (Å²) in [6.07, 6.45) is 6.17. The van der Waals surface area contributed by atoms with Crippen molar-refractivity contribution in [3.8, 4) is 0 Å². The molecular weight excluding hydrogens is 186 g/mol. The highest BCUT2D eigenvalue weighted by Crippen LogP contribution is 2.39. The second-order valence-corrected chi connectivity index (χ2v) is 3.67. The number of nitrogen functional groups attached to an aromatic ring is 1. The summed E-state index contributed by atoms with van der Waals surface area (Å²) in [7, 11) is 0. The van der Waals surface area contributed by atoms with Crippen LogP contribution >= 0.6 is 0 Å². The lowest BCUT2D eigenvalue weighted by Crippen LogP contribution is -1.83. The Bertz CT molecular complexity index is 364. The SMILES string of the molecule is Nc1ccc(C2CC2)[nH]1.c1ccncc1. The van der Waals surface area contributed by atoms with Gasteiger partial charge >= 0.3 is 0 Å². The van der Waals surface area contributed by atoms with Gasteiger partial charge < -0.3 is 10.7 Å². The van der Waals surface area contributed by atoms with Crippen LogP contribution < -0.4 is 5.73 Å². The van der Waals surface area contributed by atoms with E-state index in [0.717, 1.165) is 11.7 Å². The fourth-order valence-electron chi connectivity index (χ4n) is 1.37. The summed E-state index contributed by atoms with van der Waals surface area (Å²) < 4.78 is 0. The number of anilines is 1. The topological polar surface area (TPSA) is 54.7 Å². The Balaban J connectivity index is 0.000000124. The van der Waals surface area contributed by atoms with Gasteiger partial charge in [-0.3, -0.25) is 4.98 Å². The van der Waals surface area contributed by atoms with E-state index in [0.29, 0.717) is 0 Å². The van der Waals surface area contributed by atoms with Gasteiger partial charge in [0.1, 0.15) is 5.82 Å². The molecule has 0 atom stereocenters. The summed E-state index contributed by atoms with van der Waals surface area (Å²) in [5.74, 6) is 1.58. The highest BCUT2D eigenvalue weighted by atomic mass is 14.9. The smallest absolute Gasteiger partial charge is 0.100 e. The zero-order chi connectivity index (χ0) is 10.5. The lowest BCUT2D eigenvalue weighted by molar-refractivity contribution is 1.05. The molecule has 78 valence electrons. The van der Waals surface area contributed by atoms with Crippen LogP contribution in [0.1, 0.15) is 24.5 Å². The molecule has 2 heterocycles. The molecule has 1 fully saturated rings. The molecule has 0 bridgehead atoms.